The zero-order valence-corrected chi connectivity index (χ0v) is 14.3. The lowest BCUT2D eigenvalue weighted by molar-refractivity contribution is 0.154. The van der Waals surface area contributed by atoms with Crippen LogP contribution in [0.25, 0.3) is 11.2 Å². The highest BCUT2D eigenvalue weighted by Crippen LogP contribution is 2.36. The molecule has 23 heavy (non-hydrogen) atoms. The molecule has 2 fully saturated rings. The molecule has 0 amide bonds. The van der Waals surface area contributed by atoms with E-state index in [9.17, 15) is 0 Å². The van der Waals surface area contributed by atoms with Crippen LogP contribution in [0.1, 0.15) is 57.1 Å². The summed E-state index contributed by atoms with van der Waals surface area (Å²) in [5.74, 6) is 1.23. The lowest BCUT2D eigenvalue weighted by Gasteiger charge is -2.34. The number of rotatable bonds is 3. The number of aromatic nitrogens is 3. The first-order valence-electron chi connectivity index (χ1n) is 9.06. The van der Waals surface area contributed by atoms with Gasteiger partial charge in [0.15, 0.2) is 5.65 Å². The second-order valence-corrected chi connectivity index (χ2v) is 6.93. The Labute approximate surface area is 138 Å². The summed E-state index contributed by atoms with van der Waals surface area (Å²) in [6, 6.07) is 4.54. The van der Waals surface area contributed by atoms with Gasteiger partial charge in [0.25, 0.3) is 0 Å². The van der Waals surface area contributed by atoms with Crippen LogP contribution >= 0.6 is 0 Å². The average molecular weight is 313 g/mol. The van der Waals surface area contributed by atoms with Crippen LogP contribution in [0.15, 0.2) is 18.3 Å². The molecule has 0 spiro atoms. The van der Waals surface area contributed by atoms with Gasteiger partial charge in [-0.2, -0.15) is 0 Å². The molecule has 0 N–H and O–H groups in total. The van der Waals surface area contributed by atoms with Crippen molar-refractivity contribution in [1.82, 2.24) is 24.3 Å². The zero-order valence-electron chi connectivity index (χ0n) is 14.3. The maximum absolute atomic E-state index is 5.03. The van der Waals surface area contributed by atoms with Crippen molar-refractivity contribution in [2.24, 2.45) is 0 Å². The highest BCUT2D eigenvalue weighted by Gasteiger charge is 2.33. The van der Waals surface area contributed by atoms with Crippen LogP contribution in [0, 0.1) is 0 Å². The first-order chi connectivity index (χ1) is 11.3. The fourth-order valence-corrected chi connectivity index (χ4v) is 4.35. The topological polar surface area (TPSA) is 37.2 Å². The van der Waals surface area contributed by atoms with Crippen molar-refractivity contribution in [1.29, 1.82) is 0 Å². The summed E-state index contributed by atoms with van der Waals surface area (Å²) in [7, 11) is 2.24. The molecule has 0 aliphatic carbocycles. The van der Waals surface area contributed by atoms with E-state index in [4.69, 9.17) is 9.97 Å². The minimum absolute atomic E-state index is 0.422. The molecule has 0 aromatic carbocycles. The van der Waals surface area contributed by atoms with Gasteiger partial charge in [0, 0.05) is 12.7 Å². The molecule has 2 aromatic rings. The Hall–Kier alpha value is -1.46. The van der Waals surface area contributed by atoms with E-state index in [-0.39, 0.29) is 0 Å². The predicted molar refractivity (Wildman–Crippen MR) is 92.3 cm³/mol. The number of piperidine rings is 1. The minimum atomic E-state index is 0.422. The molecule has 2 atom stereocenters. The number of hydrogen-bond acceptors (Lipinski definition) is 4. The molecular formula is C18H27N5. The van der Waals surface area contributed by atoms with Gasteiger partial charge in [0.05, 0.1) is 12.2 Å². The van der Waals surface area contributed by atoms with Gasteiger partial charge in [-0.15, -0.1) is 0 Å². The first kappa shape index (κ1) is 15.1. The smallest absolute Gasteiger partial charge is 0.161 e. The van der Waals surface area contributed by atoms with Gasteiger partial charge in [-0.05, 0) is 58.0 Å². The standard InChI is InChI=1S/C18H27N5/c1-3-22-13-7-10-16(22)23-17-14(8-6-11-19-17)20-18(23)15-9-4-5-12-21(15)2/h6,8,11,15-16H,3-5,7,9-10,12-13H2,1-2H3. The summed E-state index contributed by atoms with van der Waals surface area (Å²) in [4.78, 5) is 14.8. The molecule has 2 aliphatic heterocycles. The summed E-state index contributed by atoms with van der Waals surface area (Å²) in [5.41, 5.74) is 2.11. The summed E-state index contributed by atoms with van der Waals surface area (Å²) in [6.45, 7) is 5.71. The van der Waals surface area contributed by atoms with Crippen molar-refractivity contribution in [2.45, 2.75) is 51.2 Å². The van der Waals surface area contributed by atoms with Gasteiger partial charge in [0.1, 0.15) is 11.3 Å². The molecule has 5 heteroatoms. The van der Waals surface area contributed by atoms with Crippen LogP contribution in [0.5, 0.6) is 0 Å². The molecular weight excluding hydrogens is 286 g/mol. The number of pyridine rings is 1. The highest BCUT2D eigenvalue weighted by molar-refractivity contribution is 5.71. The van der Waals surface area contributed by atoms with Gasteiger partial charge in [-0.1, -0.05) is 13.3 Å². The Morgan fingerprint density at radius 2 is 2.09 bits per heavy atom. The molecule has 0 saturated carbocycles. The molecule has 2 saturated heterocycles. The largest absolute Gasteiger partial charge is 0.297 e. The maximum Gasteiger partial charge on any atom is 0.161 e. The minimum Gasteiger partial charge on any atom is -0.297 e. The Kier molecular flexibility index (Phi) is 4.07. The van der Waals surface area contributed by atoms with Crippen LogP contribution in [0.2, 0.25) is 0 Å². The number of fused-ring (bicyclic) bond motifs is 1. The number of likely N-dealkylation sites (tertiary alicyclic amines) is 2. The SMILES string of the molecule is CCN1CCCC1n1c(C2CCCCN2C)nc2cccnc21. The fourth-order valence-electron chi connectivity index (χ4n) is 4.35. The van der Waals surface area contributed by atoms with Gasteiger partial charge >= 0.3 is 0 Å². The van der Waals surface area contributed by atoms with Crippen LogP contribution in [-0.2, 0) is 0 Å². The third kappa shape index (κ3) is 2.56. The fraction of sp³-hybridized carbons (Fsp3) is 0.667. The van der Waals surface area contributed by atoms with E-state index in [1.807, 2.05) is 12.3 Å². The predicted octanol–water partition coefficient (Wildman–Crippen LogP) is 3.20. The van der Waals surface area contributed by atoms with Crippen LogP contribution in [0.3, 0.4) is 0 Å². The first-order valence-corrected chi connectivity index (χ1v) is 9.06. The maximum atomic E-state index is 5.03. The molecule has 2 unspecified atom stereocenters. The van der Waals surface area contributed by atoms with E-state index in [2.05, 4.69) is 34.4 Å². The van der Waals surface area contributed by atoms with Crippen molar-refractivity contribution in [3.63, 3.8) is 0 Å². The second-order valence-electron chi connectivity index (χ2n) is 6.93. The third-order valence-electron chi connectivity index (χ3n) is 5.58. The molecule has 2 aromatic heterocycles. The molecule has 0 bridgehead atoms. The van der Waals surface area contributed by atoms with Gasteiger partial charge in [-0.25, -0.2) is 9.97 Å². The van der Waals surface area contributed by atoms with E-state index in [0.717, 1.165) is 17.7 Å². The quantitative estimate of drug-likeness (QED) is 0.872. The lowest BCUT2D eigenvalue weighted by atomic mass is 10.0. The van der Waals surface area contributed by atoms with Crippen LogP contribution in [0.4, 0.5) is 0 Å². The summed E-state index contributed by atoms with van der Waals surface area (Å²) in [5, 5.41) is 0. The van der Waals surface area contributed by atoms with E-state index in [1.54, 1.807) is 0 Å². The Bertz CT molecular complexity index is 679. The van der Waals surface area contributed by atoms with Crippen molar-refractivity contribution in [3.05, 3.63) is 24.2 Å². The van der Waals surface area contributed by atoms with Crippen molar-refractivity contribution in [3.8, 4) is 0 Å². The lowest BCUT2D eigenvalue weighted by Crippen LogP contribution is -2.34. The zero-order chi connectivity index (χ0) is 15.8. The van der Waals surface area contributed by atoms with E-state index in [0.29, 0.717) is 12.2 Å². The van der Waals surface area contributed by atoms with E-state index >= 15 is 0 Å². The highest BCUT2D eigenvalue weighted by atomic mass is 15.4. The Balaban J connectivity index is 1.84. The summed E-state index contributed by atoms with van der Waals surface area (Å²) in [6.07, 6.45) is 8.61. The monoisotopic (exact) mass is 313 g/mol. The normalized spacial score (nSPS) is 27.0. The molecule has 4 rings (SSSR count). The van der Waals surface area contributed by atoms with Crippen molar-refractivity contribution >= 4 is 11.2 Å². The average Bonchev–Trinajstić information content (AvgIpc) is 3.18. The van der Waals surface area contributed by atoms with E-state index < -0.39 is 0 Å². The van der Waals surface area contributed by atoms with Gasteiger partial charge in [0.2, 0.25) is 0 Å². The molecule has 4 heterocycles. The molecule has 2 aliphatic rings. The van der Waals surface area contributed by atoms with Gasteiger partial charge < -0.3 is 0 Å². The number of nitrogens with zero attached hydrogens (tertiary/aromatic N) is 5. The number of imidazole rings is 1. The molecule has 5 nitrogen and oxygen atoms in total. The van der Waals surface area contributed by atoms with Gasteiger partial charge in [-0.3, -0.25) is 14.4 Å². The van der Waals surface area contributed by atoms with E-state index in [1.165, 1.54) is 51.0 Å². The Morgan fingerprint density at radius 3 is 2.91 bits per heavy atom. The van der Waals surface area contributed by atoms with Crippen molar-refractivity contribution < 1.29 is 0 Å². The summed E-state index contributed by atoms with van der Waals surface area (Å²) < 4.78 is 2.46. The molecule has 124 valence electrons. The third-order valence-corrected chi connectivity index (χ3v) is 5.58. The second kappa shape index (κ2) is 6.21. The van der Waals surface area contributed by atoms with Crippen molar-refractivity contribution in [2.75, 3.05) is 26.7 Å². The number of hydrogen-bond donors (Lipinski definition) is 0. The van der Waals surface area contributed by atoms with Crippen LogP contribution < -0.4 is 0 Å². The Morgan fingerprint density at radius 1 is 1.17 bits per heavy atom. The summed E-state index contributed by atoms with van der Waals surface area (Å²) >= 11 is 0. The molecule has 0 radical (unpaired) electrons. The van der Waals surface area contributed by atoms with Crippen LogP contribution in [-0.4, -0.2) is 51.0 Å².